The molecule has 0 radical (unpaired) electrons. The molecule has 0 aromatic heterocycles. The lowest BCUT2D eigenvalue weighted by molar-refractivity contribution is -0.142. The van der Waals surface area contributed by atoms with Crippen LogP contribution < -0.4 is 5.32 Å². The molecule has 3 heteroatoms. The first-order valence-corrected chi connectivity index (χ1v) is 4.27. The summed E-state index contributed by atoms with van der Waals surface area (Å²) in [6.07, 6.45) is 9.58. The Morgan fingerprint density at radius 3 is 3.08 bits per heavy atom. The molecule has 0 aromatic rings. The third-order valence-electron chi connectivity index (χ3n) is 1.52. The molecule has 13 heavy (non-hydrogen) atoms. The van der Waals surface area contributed by atoms with Crippen molar-refractivity contribution in [3.05, 3.63) is 36.2 Å². The van der Waals surface area contributed by atoms with Gasteiger partial charge in [0.15, 0.2) is 0 Å². The Kier molecular flexibility index (Phi) is 3.82. The van der Waals surface area contributed by atoms with Crippen LogP contribution in [-0.2, 0) is 9.53 Å². The minimum atomic E-state index is -0.204. The zero-order chi connectivity index (χ0) is 9.52. The zero-order valence-electron chi connectivity index (χ0n) is 7.62. The molecule has 0 fully saturated rings. The number of esters is 1. The maximum absolute atomic E-state index is 11.1. The predicted molar refractivity (Wildman–Crippen MR) is 50.7 cm³/mol. The van der Waals surface area contributed by atoms with Gasteiger partial charge in [-0.3, -0.25) is 4.79 Å². The van der Waals surface area contributed by atoms with Crippen molar-refractivity contribution >= 4 is 5.97 Å². The van der Waals surface area contributed by atoms with Crippen molar-refractivity contribution in [2.45, 2.75) is 13.3 Å². The second kappa shape index (κ2) is 5.19. The number of carbonyl (C=O) groups excluding carboxylic acids is 1. The molecule has 1 heterocycles. The highest BCUT2D eigenvalue weighted by atomic mass is 16.5. The van der Waals surface area contributed by atoms with E-state index < -0.39 is 0 Å². The summed E-state index contributed by atoms with van der Waals surface area (Å²) in [5, 5.41) is 2.99. The van der Waals surface area contributed by atoms with E-state index in [9.17, 15) is 4.79 Å². The summed E-state index contributed by atoms with van der Waals surface area (Å²) >= 11 is 0. The van der Waals surface area contributed by atoms with Gasteiger partial charge in [0.05, 0.1) is 13.0 Å². The standard InChI is InChI=1S/C10H13NO2/c1-2-13-10(12)8-9-6-4-3-5-7-11-9/h3-7,11H,2,8H2,1H3. The van der Waals surface area contributed by atoms with Crippen LogP contribution in [0, 0.1) is 0 Å². The van der Waals surface area contributed by atoms with Crippen molar-refractivity contribution < 1.29 is 9.53 Å². The summed E-state index contributed by atoms with van der Waals surface area (Å²) in [6.45, 7) is 2.23. The Bertz CT molecular complexity index is 264. The number of carbonyl (C=O) groups is 1. The van der Waals surface area contributed by atoms with E-state index in [2.05, 4.69) is 5.32 Å². The van der Waals surface area contributed by atoms with Crippen molar-refractivity contribution in [1.29, 1.82) is 0 Å². The average Bonchev–Trinajstić information content (AvgIpc) is 2.33. The first kappa shape index (κ1) is 9.58. The SMILES string of the molecule is CCOC(=O)CC1=CC=CC=CN1. The lowest BCUT2D eigenvalue weighted by Crippen LogP contribution is -2.12. The van der Waals surface area contributed by atoms with E-state index in [1.54, 1.807) is 13.1 Å². The van der Waals surface area contributed by atoms with Gasteiger partial charge < -0.3 is 10.1 Å². The van der Waals surface area contributed by atoms with E-state index >= 15 is 0 Å². The molecular formula is C10H13NO2. The lowest BCUT2D eigenvalue weighted by atomic mass is 10.3. The third kappa shape index (κ3) is 3.60. The van der Waals surface area contributed by atoms with Gasteiger partial charge >= 0.3 is 5.97 Å². The molecule has 0 aromatic carbocycles. The quantitative estimate of drug-likeness (QED) is 0.667. The number of nitrogens with one attached hydrogen (secondary N) is 1. The highest BCUT2D eigenvalue weighted by Gasteiger charge is 2.04. The van der Waals surface area contributed by atoms with Crippen LogP contribution in [0.25, 0.3) is 0 Å². The minimum Gasteiger partial charge on any atom is -0.466 e. The molecule has 0 amide bonds. The molecule has 0 bridgehead atoms. The normalized spacial score (nSPS) is 14.4. The molecule has 0 atom stereocenters. The van der Waals surface area contributed by atoms with Gasteiger partial charge in [0.2, 0.25) is 0 Å². The van der Waals surface area contributed by atoms with E-state index in [4.69, 9.17) is 4.74 Å². The first-order valence-electron chi connectivity index (χ1n) is 4.27. The van der Waals surface area contributed by atoms with Crippen LogP contribution in [0.2, 0.25) is 0 Å². The fraction of sp³-hybridized carbons (Fsp3) is 0.300. The Balaban J connectivity index is 2.44. The number of ether oxygens (including phenoxy) is 1. The fourth-order valence-electron chi connectivity index (χ4n) is 0.972. The predicted octanol–water partition coefficient (Wildman–Crippen LogP) is 1.50. The molecule has 1 N–H and O–H groups in total. The summed E-state index contributed by atoms with van der Waals surface area (Å²) in [6, 6.07) is 0. The Morgan fingerprint density at radius 2 is 2.31 bits per heavy atom. The molecular weight excluding hydrogens is 166 g/mol. The fourth-order valence-corrected chi connectivity index (χ4v) is 0.972. The summed E-state index contributed by atoms with van der Waals surface area (Å²) in [7, 11) is 0. The molecule has 70 valence electrons. The van der Waals surface area contributed by atoms with Crippen molar-refractivity contribution in [3.8, 4) is 0 Å². The van der Waals surface area contributed by atoms with Crippen molar-refractivity contribution in [1.82, 2.24) is 5.32 Å². The van der Waals surface area contributed by atoms with E-state index in [0.29, 0.717) is 13.0 Å². The van der Waals surface area contributed by atoms with Gasteiger partial charge in [-0.1, -0.05) is 12.2 Å². The van der Waals surface area contributed by atoms with Gasteiger partial charge in [0, 0.05) is 11.9 Å². The number of hydrogen-bond donors (Lipinski definition) is 1. The van der Waals surface area contributed by atoms with E-state index in [-0.39, 0.29) is 5.97 Å². The number of hydrogen-bond acceptors (Lipinski definition) is 3. The van der Waals surface area contributed by atoms with Crippen LogP contribution in [0.1, 0.15) is 13.3 Å². The van der Waals surface area contributed by atoms with Gasteiger partial charge in [-0.25, -0.2) is 0 Å². The van der Waals surface area contributed by atoms with Gasteiger partial charge in [0.1, 0.15) is 0 Å². The second-order valence-electron chi connectivity index (χ2n) is 2.56. The first-order chi connectivity index (χ1) is 6.33. The van der Waals surface area contributed by atoms with Crippen LogP contribution in [0.4, 0.5) is 0 Å². The van der Waals surface area contributed by atoms with Gasteiger partial charge in [-0.05, 0) is 19.1 Å². The zero-order valence-corrected chi connectivity index (χ0v) is 7.62. The minimum absolute atomic E-state index is 0.204. The van der Waals surface area contributed by atoms with Gasteiger partial charge in [-0.15, -0.1) is 0 Å². The topological polar surface area (TPSA) is 38.3 Å². The monoisotopic (exact) mass is 179 g/mol. The van der Waals surface area contributed by atoms with Crippen LogP contribution in [0.5, 0.6) is 0 Å². The largest absolute Gasteiger partial charge is 0.466 e. The molecule has 0 unspecified atom stereocenters. The Morgan fingerprint density at radius 1 is 1.46 bits per heavy atom. The molecule has 0 aliphatic carbocycles. The maximum Gasteiger partial charge on any atom is 0.311 e. The van der Waals surface area contributed by atoms with Gasteiger partial charge in [-0.2, -0.15) is 0 Å². The van der Waals surface area contributed by atoms with Gasteiger partial charge in [0.25, 0.3) is 0 Å². The molecule has 0 saturated heterocycles. The molecule has 3 nitrogen and oxygen atoms in total. The highest BCUT2D eigenvalue weighted by Crippen LogP contribution is 2.02. The van der Waals surface area contributed by atoms with Crippen molar-refractivity contribution in [2.75, 3.05) is 6.61 Å². The Labute approximate surface area is 77.8 Å². The molecule has 1 aliphatic heterocycles. The molecule has 1 aliphatic rings. The summed E-state index contributed by atoms with van der Waals surface area (Å²) in [5.41, 5.74) is 0.850. The third-order valence-corrected chi connectivity index (χ3v) is 1.52. The second-order valence-corrected chi connectivity index (χ2v) is 2.56. The summed E-state index contributed by atoms with van der Waals surface area (Å²) < 4.78 is 4.82. The average molecular weight is 179 g/mol. The molecule has 0 spiro atoms. The smallest absolute Gasteiger partial charge is 0.311 e. The number of allylic oxidation sites excluding steroid dienone is 4. The van der Waals surface area contributed by atoms with E-state index in [0.717, 1.165) is 5.70 Å². The van der Waals surface area contributed by atoms with Crippen LogP contribution in [0.3, 0.4) is 0 Å². The number of rotatable bonds is 3. The summed E-state index contributed by atoms with van der Waals surface area (Å²) in [5.74, 6) is -0.204. The molecule has 1 rings (SSSR count). The van der Waals surface area contributed by atoms with Crippen molar-refractivity contribution in [2.24, 2.45) is 0 Å². The Hall–Kier alpha value is -1.51. The van der Waals surface area contributed by atoms with E-state index in [1.807, 2.05) is 24.3 Å². The highest BCUT2D eigenvalue weighted by molar-refractivity contribution is 5.72. The molecule has 0 saturated carbocycles. The van der Waals surface area contributed by atoms with Crippen LogP contribution in [0.15, 0.2) is 36.2 Å². The van der Waals surface area contributed by atoms with Crippen LogP contribution >= 0.6 is 0 Å². The van der Waals surface area contributed by atoms with Crippen LogP contribution in [-0.4, -0.2) is 12.6 Å². The maximum atomic E-state index is 11.1. The van der Waals surface area contributed by atoms with Crippen molar-refractivity contribution in [3.63, 3.8) is 0 Å². The lowest BCUT2D eigenvalue weighted by Gasteiger charge is -2.04. The van der Waals surface area contributed by atoms with E-state index in [1.165, 1.54) is 0 Å². The summed E-state index contributed by atoms with van der Waals surface area (Å²) in [4.78, 5) is 11.1.